The molecule has 0 aliphatic rings. The van der Waals surface area contributed by atoms with Gasteiger partial charge in [-0.3, -0.25) is 4.57 Å². The van der Waals surface area contributed by atoms with Gasteiger partial charge in [0, 0.05) is 38.3 Å². The lowest BCUT2D eigenvalue weighted by molar-refractivity contribution is 0.197. The molecule has 1 aromatic carbocycles. The second kappa shape index (κ2) is 6.38. The van der Waals surface area contributed by atoms with E-state index in [1.54, 1.807) is 7.11 Å². The number of methoxy groups -OCH3 is 1. The Labute approximate surface area is 114 Å². The zero-order chi connectivity index (χ0) is 13.7. The highest BCUT2D eigenvalue weighted by atomic mass is 16.5. The molecule has 1 aromatic heterocycles. The number of anilines is 1. The Balaban J connectivity index is 2.14. The van der Waals surface area contributed by atoms with E-state index >= 15 is 0 Å². The number of nitrogens with one attached hydrogen (secondary N) is 1. The Hall–Kier alpha value is -1.81. The van der Waals surface area contributed by atoms with Crippen molar-refractivity contribution < 1.29 is 4.74 Å². The van der Waals surface area contributed by atoms with Crippen molar-refractivity contribution in [3.8, 4) is 5.69 Å². The first-order chi connectivity index (χ1) is 9.20. The van der Waals surface area contributed by atoms with Crippen LogP contribution in [0.15, 0.2) is 30.6 Å². The third-order valence-electron chi connectivity index (χ3n) is 2.93. The van der Waals surface area contributed by atoms with Crippen LogP contribution in [0.3, 0.4) is 0 Å². The van der Waals surface area contributed by atoms with Crippen molar-refractivity contribution >= 4 is 5.95 Å². The van der Waals surface area contributed by atoms with Crippen LogP contribution < -0.4 is 5.32 Å². The molecule has 102 valence electrons. The molecule has 2 aromatic rings. The van der Waals surface area contributed by atoms with Crippen LogP contribution in [-0.4, -0.2) is 29.8 Å². The first kappa shape index (κ1) is 13.6. The van der Waals surface area contributed by atoms with E-state index in [1.807, 2.05) is 12.4 Å². The molecule has 0 aliphatic heterocycles. The second-order valence-corrected chi connectivity index (χ2v) is 4.74. The van der Waals surface area contributed by atoms with Crippen LogP contribution in [0.1, 0.15) is 17.5 Å². The predicted octanol–water partition coefficient (Wildman–Crippen LogP) is 2.94. The molecule has 0 aliphatic carbocycles. The maximum atomic E-state index is 5.04. The summed E-state index contributed by atoms with van der Waals surface area (Å²) in [7, 11) is 1.72. The maximum absolute atomic E-state index is 5.04. The molecule has 4 heteroatoms. The van der Waals surface area contributed by atoms with Crippen LogP contribution in [0.2, 0.25) is 0 Å². The standard InChI is InChI=1S/C15H21N3O/c1-12-9-13(2)11-14(10-12)18-7-6-17-15(18)16-5-4-8-19-3/h6-7,9-11H,4-5,8H2,1-3H3,(H,16,17). The topological polar surface area (TPSA) is 39.1 Å². The number of hydrogen-bond donors (Lipinski definition) is 1. The zero-order valence-corrected chi connectivity index (χ0v) is 11.8. The summed E-state index contributed by atoms with van der Waals surface area (Å²) in [5.74, 6) is 0.876. The van der Waals surface area contributed by atoms with Gasteiger partial charge in [-0.05, 0) is 43.5 Å². The van der Waals surface area contributed by atoms with Gasteiger partial charge in [-0.2, -0.15) is 0 Å². The van der Waals surface area contributed by atoms with Gasteiger partial charge in [-0.15, -0.1) is 0 Å². The van der Waals surface area contributed by atoms with E-state index in [2.05, 4.69) is 46.9 Å². The number of rotatable bonds is 6. The van der Waals surface area contributed by atoms with Crippen LogP contribution >= 0.6 is 0 Å². The van der Waals surface area contributed by atoms with Gasteiger partial charge in [0.15, 0.2) is 0 Å². The van der Waals surface area contributed by atoms with E-state index in [0.29, 0.717) is 0 Å². The molecule has 0 fully saturated rings. The SMILES string of the molecule is COCCCNc1nccn1-c1cc(C)cc(C)c1. The van der Waals surface area contributed by atoms with Crippen LogP contribution in [0.5, 0.6) is 0 Å². The molecular weight excluding hydrogens is 238 g/mol. The summed E-state index contributed by atoms with van der Waals surface area (Å²) >= 11 is 0. The Morgan fingerprint density at radius 1 is 1.21 bits per heavy atom. The van der Waals surface area contributed by atoms with E-state index in [9.17, 15) is 0 Å². The lowest BCUT2D eigenvalue weighted by Gasteiger charge is -2.11. The van der Waals surface area contributed by atoms with Crippen molar-refractivity contribution in [3.63, 3.8) is 0 Å². The Morgan fingerprint density at radius 2 is 1.95 bits per heavy atom. The zero-order valence-electron chi connectivity index (χ0n) is 11.8. The highest BCUT2D eigenvalue weighted by Crippen LogP contribution is 2.17. The number of nitrogens with zero attached hydrogens (tertiary/aromatic N) is 2. The van der Waals surface area contributed by atoms with Crippen LogP contribution in [0, 0.1) is 13.8 Å². The fourth-order valence-corrected chi connectivity index (χ4v) is 2.15. The third-order valence-corrected chi connectivity index (χ3v) is 2.93. The van der Waals surface area contributed by atoms with Crippen molar-refractivity contribution in [1.82, 2.24) is 9.55 Å². The van der Waals surface area contributed by atoms with Crippen molar-refractivity contribution in [2.45, 2.75) is 20.3 Å². The van der Waals surface area contributed by atoms with E-state index < -0.39 is 0 Å². The molecular formula is C15H21N3O. The van der Waals surface area contributed by atoms with Gasteiger partial charge in [0.1, 0.15) is 0 Å². The molecule has 4 nitrogen and oxygen atoms in total. The van der Waals surface area contributed by atoms with E-state index in [4.69, 9.17) is 4.74 Å². The Bertz CT molecular complexity index is 514. The number of benzene rings is 1. The fourth-order valence-electron chi connectivity index (χ4n) is 2.15. The highest BCUT2D eigenvalue weighted by Gasteiger charge is 2.05. The van der Waals surface area contributed by atoms with Gasteiger partial charge in [-0.1, -0.05) is 6.07 Å². The summed E-state index contributed by atoms with van der Waals surface area (Å²) in [6.45, 7) is 5.84. The molecule has 0 radical (unpaired) electrons. The quantitative estimate of drug-likeness (QED) is 0.811. The second-order valence-electron chi connectivity index (χ2n) is 4.74. The van der Waals surface area contributed by atoms with Crippen LogP contribution in [0.25, 0.3) is 5.69 Å². The lowest BCUT2D eigenvalue weighted by atomic mass is 10.1. The number of imidazole rings is 1. The van der Waals surface area contributed by atoms with E-state index in [0.717, 1.165) is 31.2 Å². The Morgan fingerprint density at radius 3 is 2.63 bits per heavy atom. The molecule has 19 heavy (non-hydrogen) atoms. The predicted molar refractivity (Wildman–Crippen MR) is 78.0 cm³/mol. The molecule has 0 saturated heterocycles. The average Bonchev–Trinajstić information content (AvgIpc) is 2.82. The summed E-state index contributed by atoms with van der Waals surface area (Å²) in [5.41, 5.74) is 3.66. The number of hydrogen-bond acceptors (Lipinski definition) is 3. The summed E-state index contributed by atoms with van der Waals surface area (Å²) in [6, 6.07) is 6.50. The van der Waals surface area contributed by atoms with Crippen LogP contribution in [0.4, 0.5) is 5.95 Å². The van der Waals surface area contributed by atoms with Crippen molar-refractivity contribution in [2.75, 3.05) is 25.6 Å². The fraction of sp³-hybridized carbons (Fsp3) is 0.400. The van der Waals surface area contributed by atoms with Gasteiger partial charge in [0.05, 0.1) is 0 Å². The van der Waals surface area contributed by atoms with Crippen molar-refractivity contribution in [2.24, 2.45) is 0 Å². The molecule has 0 unspecified atom stereocenters. The minimum absolute atomic E-state index is 0.761. The number of ether oxygens (including phenoxy) is 1. The first-order valence-corrected chi connectivity index (χ1v) is 6.55. The van der Waals surface area contributed by atoms with E-state index in [1.165, 1.54) is 11.1 Å². The smallest absolute Gasteiger partial charge is 0.207 e. The first-order valence-electron chi connectivity index (χ1n) is 6.55. The molecule has 1 heterocycles. The van der Waals surface area contributed by atoms with Crippen molar-refractivity contribution in [1.29, 1.82) is 0 Å². The molecule has 0 bridgehead atoms. The van der Waals surface area contributed by atoms with Crippen LogP contribution in [-0.2, 0) is 4.74 Å². The van der Waals surface area contributed by atoms with Gasteiger partial charge in [0.25, 0.3) is 0 Å². The normalized spacial score (nSPS) is 10.7. The molecule has 0 spiro atoms. The highest BCUT2D eigenvalue weighted by molar-refractivity contribution is 5.45. The average molecular weight is 259 g/mol. The minimum Gasteiger partial charge on any atom is -0.385 e. The molecule has 2 rings (SSSR count). The third kappa shape index (κ3) is 3.58. The maximum Gasteiger partial charge on any atom is 0.207 e. The Kier molecular flexibility index (Phi) is 4.58. The minimum atomic E-state index is 0.761. The molecule has 1 N–H and O–H groups in total. The van der Waals surface area contributed by atoms with Crippen molar-refractivity contribution in [3.05, 3.63) is 41.7 Å². The van der Waals surface area contributed by atoms with E-state index in [-0.39, 0.29) is 0 Å². The summed E-state index contributed by atoms with van der Waals surface area (Å²) in [6.07, 6.45) is 4.76. The molecule has 0 atom stereocenters. The van der Waals surface area contributed by atoms with Gasteiger partial charge in [-0.25, -0.2) is 4.98 Å². The lowest BCUT2D eigenvalue weighted by Crippen LogP contribution is -2.09. The summed E-state index contributed by atoms with van der Waals surface area (Å²) in [4.78, 5) is 4.36. The monoisotopic (exact) mass is 259 g/mol. The summed E-state index contributed by atoms with van der Waals surface area (Å²) in [5, 5.41) is 3.34. The van der Waals surface area contributed by atoms with Gasteiger partial charge in [0.2, 0.25) is 5.95 Å². The van der Waals surface area contributed by atoms with Gasteiger partial charge < -0.3 is 10.1 Å². The largest absolute Gasteiger partial charge is 0.385 e. The van der Waals surface area contributed by atoms with Gasteiger partial charge >= 0.3 is 0 Å². The number of aromatic nitrogens is 2. The number of aryl methyl sites for hydroxylation is 2. The molecule has 0 saturated carbocycles. The summed E-state index contributed by atoms with van der Waals surface area (Å²) < 4.78 is 7.12. The molecule has 0 amide bonds.